The molecule has 1 heterocycles. The molecule has 0 fully saturated rings. The molecule has 0 aliphatic heterocycles. The number of aliphatic carboxylic acids is 1. The van der Waals surface area contributed by atoms with E-state index in [4.69, 9.17) is 29.9 Å². The van der Waals surface area contributed by atoms with Crippen LogP contribution in [0.25, 0.3) is 0 Å². The number of carbonyl (C=O) groups is 1. The lowest BCUT2D eigenvalue weighted by Gasteiger charge is -2.08. The number of aryl methyl sites for hydroxylation is 1. The summed E-state index contributed by atoms with van der Waals surface area (Å²) in [4.78, 5) is 27.9. The minimum atomic E-state index is -4.35. The average Bonchev–Trinajstić information content (AvgIpc) is 2.56. The summed E-state index contributed by atoms with van der Waals surface area (Å²) in [6.07, 6.45) is -0.977. The SMILES string of the molecule is Cc1onc(OCP(=O)(O)O)c1C[C@@H](N)C(=O)O. The third kappa shape index (κ3) is 4.11. The van der Waals surface area contributed by atoms with E-state index >= 15 is 0 Å². The summed E-state index contributed by atoms with van der Waals surface area (Å²) < 4.78 is 20.2. The number of carboxylic acid groups (broad SMARTS) is 1. The second kappa shape index (κ2) is 5.49. The van der Waals surface area contributed by atoms with Crippen LogP contribution in [0.4, 0.5) is 0 Å². The van der Waals surface area contributed by atoms with E-state index in [0.29, 0.717) is 0 Å². The normalized spacial score (nSPS) is 13.3. The van der Waals surface area contributed by atoms with Crippen LogP contribution in [0.15, 0.2) is 4.52 Å². The Morgan fingerprint density at radius 1 is 1.61 bits per heavy atom. The number of rotatable bonds is 6. The highest BCUT2D eigenvalue weighted by atomic mass is 31.2. The number of hydrogen-bond donors (Lipinski definition) is 4. The lowest BCUT2D eigenvalue weighted by Crippen LogP contribution is -2.32. The second-order valence-corrected chi connectivity index (χ2v) is 5.20. The molecular weight excluding hydrogens is 267 g/mol. The standard InChI is InChI=1S/C8H13N2O7P/c1-4-5(2-6(9)8(11)12)7(10-17-4)16-3-18(13,14)15/h6H,2-3,9H2,1H3,(H,11,12)(H2,13,14,15)/t6-/m1/s1. The Balaban J connectivity index is 2.81. The first kappa shape index (κ1) is 14.7. The summed E-state index contributed by atoms with van der Waals surface area (Å²) in [5, 5.41) is 12.1. The van der Waals surface area contributed by atoms with Crippen LogP contribution >= 0.6 is 7.60 Å². The molecule has 0 unspecified atom stereocenters. The molecule has 0 spiro atoms. The van der Waals surface area contributed by atoms with Crippen molar-refractivity contribution in [2.75, 3.05) is 6.35 Å². The molecule has 0 saturated carbocycles. The number of nitrogens with zero attached hydrogens (tertiary/aromatic N) is 1. The quantitative estimate of drug-likeness (QED) is 0.502. The molecule has 10 heteroatoms. The van der Waals surface area contributed by atoms with E-state index in [9.17, 15) is 9.36 Å². The molecule has 102 valence electrons. The van der Waals surface area contributed by atoms with Gasteiger partial charge in [-0.1, -0.05) is 0 Å². The molecular formula is C8H13N2O7P. The molecule has 18 heavy (non-hydrogen) atoms. The predicted octanol–water partition coefficient (Wildman–Crippen LogP) is -0.549. The number of carboxylic acids is 1. The summed E-state index contributed by atoms with van der Waals surface area (Å²) in [6.45, 7) is 1.52. The Bertz CT molecular complexity index is 480. The summed E-state index contributed by atoms with van der Waals surface area (Å²) >= 11 is 0. The van der Waals surface area contributed by atoms with Crippen LogP contribution in [-0.4, -0.2) is 38.4 Å². The monoisotopic (exact) mass is 280 g/mol. The van der Waals surface area contributed by atoms with Gasteiger partial charge in [-0.15, -0.1) is 0 Å². The molecule has 0 aliphatic rings. The number of hydrogen-bond acceptors (Lipinski definition) is 6. The van der Waals surface area contributed by atoms with Gasteiger partial charge in [0.2, 0.25) is 0 Å². The van der Waals surface area contributed by atoms with Gasteiger partial charge in [-0.3, -0.25) is 9.36 Å². The van der Waals surface area contributed by atoms with Gasteiger partial charge < -0.3 is 29.9 Å². The molecule has 0 aliphatic carbocycles. The second-order valence-electron chi connectivity index (χ2n) is 3.61. The fourth-order valence-electron chi connectivity index (χ4n) is 1.17. The molecule has 1 atom stereocenters. The zero-order valence-corrected chi connectivity index (χ0v) is 10.3. The van der Waals surface area contributed by atoms with E-state index in [1.807, 2.05) is 0 Å². The summed E-state index contributed by atoms with van der Waals surface area (Å²) in [5.41, 5.74) is 5.63. The minimum absolute atomic E-state index is 0.110. The molecule has 0 bridgehead atoms. The van der Waals surface area contributed by atoms with Crippen molar-refractivity contribution in [2.45, 2.75) is 19.4 Å². The maximum atomic E-state index is 10.6. The highest BCUT2D eigenvalue weighted by molar-refractivity contribution is 7.51. The van der Waals surface area contributed by atoms with Crippen molar-refractivity contribution >= 4 is 13.6 Å². The van der Waals surface area contributed by atoms with Gasteiger partial charge in [0.05, 0.1) is 5.56 Å². The maximum absolute atomic E-state index is 10.6. The lowest BCUT2D eigenvalue weighted by molar-refractivity contribution is -0.138. The van der Waals surface area contributed by atoms with Gasteiger partial charge in [0, 0.05) is 6.42 Å². The van der Waals surface area contributed by atoms with E-state index in [0.717, 1.165) is 0 Å². The van der Waals surface area contributed by atoms with Crippen molar-refractivity contribution in [2.24, 2.45) is 5.73 Å². The van der Waals surface area contributed by atoms with Crippen LogP contribution in [0, 0.1) is 6.92 Å². The topological polar surface area (TPSA) is 156 Å². The zero-order chi connectivity index (χ0) is 13.9. The Morgan fingerprint density at radius 3 is 2.72 bits per heavy atom. The Kier molecular flexibility index (Phi) is 4.47. The molecule has 0 saturated heterocycles. The summed E-state index contributed by atoms with van der Waals surface area (Å²) in [6, 6.07) is -1.18. The van der Waals surface area contributed by atoms with E-state index in [-0.39, 0.29) is 23.6 Å². The summed E-state index contributed by atoms with van der Waals surface area (Å²) in [7, 11) is -4.35. The minimum Gasteiger partial charge on any atom is -0.480 e. The molecule has 1 aromatic rings. The van der Waals surface area contributed by atoms with Crippen molar-refractivity contribution < 1.29 is 33.5 Å². The zero-order valence-electron chi connectivity index (χ0n) is 9.44. The molecule has 0 radical (unpaired) electrons. The molecule has 1 aromatic heterocycles. The fraction of sp³-hybridized carbons (Fsp3) is 0.500. The van der Waals surface area contributed by atoms with Crippen LogP contribution in [0.1, 0.15) is 11.3 Å². The average molecular weight is 280 g/mol. The number of aromatic nitrogens is 1. The van der Waals surface area contributed by atoms with Gasteiger partial charge in [-0.05, 0) is 12.1 Å². The van der Waals surface area contributed by atoms with Crippen LogP contribution in [0.5, 0.6) is 5.88 Å². The van der Waals surface area contributed by atoms with Crippen molar-refractivity contribution in [3.05, 3.63) is 11.3 Å². The van der Waals surface area contributed by atoms with Crippen molar-refractivity contribution in [3.63, 3.8) is 0 Å². The van der Waals surface area contributed by atoms with Gasteiger partial charge in [0.15, 0.2) is 6.35 Å². The first-order valence-electron chi connectivity index (χ1n) is 4.81. The Morgan fingerprint density at radius 2 is 2.22 bits per heavy atom. The van der Waals surface area contributed by atoms with Crippen molar-refractivity contribution in [1.82, 2.24) is 5.16 Å². The van der Waals surface area contributed by atoms with Crippen molar-refractivity contribution in [1.29, 1.82) is 0 Å². The predicted molar refractivity (Wildman–Crippen MR) is 58.1 cm³/mol. The van der Waals surface area contributed by atoms with Gasteiger partial charge in [0.1, 0.15) is 11.8 Å². The largest absolute Gasteiger partial charge is 0.480 e. The lowest BCUT2D eigenvalue weighted by atomic mass is 10.1. The first-order valence-corrected chi connectivity index (χ1v) is 6.61. The van der Waals surface area contributed by atoms with Gasteiger partial charge >= 0.3 is 13.6 Å². The molecule has 1 rings (SSSR count). The van der Waals surface area contributed by atoms with E-state index < -0.39 is 26.0 Å². The first-order chi connectivity index (χ1) is 8.20. The van der Waals surface area contributed by atoms with E-state index in [1.54, 1.807) is 0 Å². The van der Waals surface area contributed by atoms with Gasteiger partial charge in [0.25, 0.3) is 5.88 Å². The van der Waals surface area contributed by atoms with Crippen LogP contribution in [0.2, 0.25) is 0 Å². The highest BCUT2D eigenvalue weighted by Gasteiger charge is 2.23. The molecule has 0 amide bonds. The third-order valence-corrected chi connectivity index (χ3v) is 2.52. The van der Waals surface area contributed by atoms with Crippen LogP contribution in [0.3, 0.4) is 0 Å². The number of ether oxygens (including phenoxy) is 1. The molecule has 0 aromatic carbocycles. The van der Waals surface area contributed by atoms with E-state index in [1.165, 1.54) is 6.92 Å². The van der Waals surface area contributed by atoms with Gasteiger partial charge in [-0.2, -0.15) is 0 Å². The third-order valence-electron chi connectivity index (χ3n) is 2.06. The van der Waals surface area contributed by atoms with E-state index in [2.05, 4.69) is 5.16 Å². The molecule has 5 N–H and O–H groups in total. The Hall–Kier alpha value is -1.41. The smallest absolute Gasteiger partial charge is 0.362 e. The number of nitrogens with two attached hydrogens (primary N) is 1. The van der Waals surface area contributed by atoms with Gasteiger partial charge in [-0.25, -0.2) is 0 Å². The Labute approximate surface area is 102 Å². The van der Waals surface area contributed by atoms with Crippen molar-refractivity contribution in [3.8, 4) is 5.88 Å². The van der Waals surface area contributed by atoms with Crippen LogP contribution in [-0.2, 0) is 15.8 Å². The fourth-order valence-corrected chi connectivity index (χ4v) is 1.46. The molecule has 9 nitrogen and oxygen atoms in total. The maximum Gasteiger partial charge on any atom is 0.362 e. The van der Waals surface area contributed by atoms with Crippen LogP contribution < -0.4 is 10.5 Å². The highest BCUT2D eigenvalue weighted by Crippen LogP contribution is 2.35. The summed E-state index contributed by atoms with van der Waals surface area (Å²) in [5.74, 6) is -1.09.